The first kappa shape index (κ1) is 14.1. The highest BCUT2D eigenvalue weighted by atomic mass is 15.3. The number of aryl methyl sites for hydroxylation is 1. The molecule has 0 N–H and O–H groups in total. The van der Waals surface area contributed by atoms with Crippen LogP contribution >= 0.6 is 0 Å². The van der Waals surface area contributed by atoms with Crippen LogP contribution < -0.4 is 4.90 Å². The second kappa shape index (κ2) is 5.92. The Labute approximate surface area is 137 Å². The molecule has 1 aliphatic rings. The minimum atomic E-state index is 1.12. The molecule has 0 aliphatic carbocycles. The molecule has 0 unspecified atom stereocenters. The lowest BCUT2D eigenvalue weighted by molar-refractivity contribution is 0.876. The van der Waals surface area contributed by atoms with Crippen LogP contribution in [0, 0.1) is 6.92 Å². The lowest BCUT2D eigenvalue weighted by Gasteiger charge is -2.18. The second-order valence-corrected chi connectivity index (χ2v) is 6.25. The number of benzene rings is 2. The Balaban J connectivity index is 1.63. The first-order chi connectivity index (χ1) is 11.3. The van der Waals surface area contributed by atoms with Crippen LogP contribution in [0.5, 0.6) is 0 Å². The van der Waals surface area contributed by atoms with Gasteiger partial charge in [0.1, 0.15) is 0 Å². The maximum atomic E-state index is 4.55. The van der Waals surface area contributed by atoms with Crippen molar-refractivity contribution in [3.8, 4) is 16.8 Å². The minimum Gasteiger partial charge on any atom is -0.371 e. The van der Waals surface area contributed by atoms with Crippen molar-refractivity contribution >= 4 is 5.69 Å². The van der Waals surface area contributed by atoms with Crippen molar-refractivity contribution in [3.05, 3.63) is 66.5 Å². The van der Waals surface area contributed by atoms with Crippen molar-refractivity contribution in [1.82, 2.24) is 9.78 Å². The third-order valence-corrected chi connectivity index (χ3v) is 4.53. The Morgan fingerprint density at radius 3 is 2.39 bits per heavy atom. The van der Waals surface area contributed by atoms with Gasteiger partial charge in [-0.25, -0.2) is 4.68 Å². The largest absolute Gasteiger partial charge is 0.371 e. The van der Waals surface area contributed by atoms with Crippen LogP contribution in [0.2, 0.25) is 0 Å². The van der Waals surface area contributed by atoms with E-state index < -0.39 is 0 Å². The molecule has 2 heterocycles. The van der Waals surface area contributed by atoms with E-state index >= 15 is 0 Å². The van der Waals surface area contributed by atoms with Gasteiger partial charge in [-0.15, -0.1) is 0 Å². The monoisotopic (exact) mass is 303 g/mol. The van der Waals surface area contributed by atoms with Gasteiger partial charge in [-0.05, 0) is 43.5 Å². The van der Waals surface area contributed by atoms with E-state index in [2.05, 4.69) is 71.7 Å². The maximum absolute atomic E-state index is 4.55. The zero-order chi connectivity index (χ0) is 15.6. The molecule has 116 valence electrons. The van der Waals surface area contributed by atoms with Crippen LogP contribution in [0.1, 0.15) is 18.4 Å². The van der Waals surface area contributed by atoms with E-state index in [1.807, 2.05) is 10.9 Å². The summed E-state index contributed by atoms with van der Waals surface area (Å²) in [4.78, 5) is 2.45. The van der Waals surface area contributed by atoms with E-state index in [1.165, 1.54) is 29.7 Å². The van der Waals surface area contributed by atoms with Gasteiger partial charge < -0.3 is 4.90 Å². The predicted octanol–water partition coefficient (Wildman–Crippen LogP) is 4.45. The SMILES string of the molecule is Cc1ccc(-c2cnn(-c3cccc(N4CCCC4)c3)c2)cc1. The van der Waals surface area contributed by atoms with E-state index in [1.54, 1.807) is 0 Å². The molecule has 1 fully saturated rings. The topological polar surface area (TPSA) is 21.1 Å². The van der Waals surface area contributed by atoms with E-state index in [0.29, 0.717) is 0 Å². The smallest absolute Gasteiger partial charge is 0.0666 e. The molecule has 1 aromatic heterocycles. The quantitative estimate of drug-likeness (QED) is 0.713. The molecule has 23 heavy (non-hydrogen) atoms. The number of rotatable bonds is 3. The van der Waals surface area contributed by atoms with Gasteiger partial charge in [0, 0.05) is 30.5 Å². The van der Waals surface area contributed by atoms with Gasteiger partial charge in [0.2, 0.25) is 0 Å². The van der Waals surface area contributed by atoms with E-state index in [4.69, 9.17) is 0 Å². The molecule has 0 atom stereocenters. The average Bonchev–Trinajstić information content (AvgIpc) is 3.28. The van der Waals surface area contributed by atoms with Crippen LogP contribution in [0.25, 0.3) is 16.8 Å². The Morgan fingerprint density at radius 2 is 1.61 bits per heavy atom. The lowest BCUT2D eigenvalue weighted by Crippen LogP contribution is -2.17. The summed E-state index contributed by atoms with van der Waals surface area (Å²) in [6.07, 6.45) is 6.63. The van der Waals surface area contributed by atoms with Gasteiger partial charge >= 0.3 is 0 Å². The summed E-state index contributed by atoms with van der Waals surface area (Å²) in [7, 11) is 0. The standard InChI is InChI=1S/C20H21N3/c1-16-7-9-17(10-8-16)18-14-21-23(15-18)20-6-4-5-19(13-20)22-11-2-3-12-22/h4-10,13-15H,2-3,11-12H2,1H3. The second-order valence-electron chi connectivity index (χ2n) is 6.25. The summed E-state index contributed by atoms with van der Waals surface area (Å²) < 4.78 is 1.97. The van der Waals surface area contributed by atoms with Crippen LogP contribution in [0.3, 0.4) is 0 Å². The van der Waals surface area contributed by atoms with Crippen LogP contribution in [-0.4, -0.2) is 22.9 Å². The summed E-state index contributed by atoms with van der Waals surface area (Å²) in [5.74, 6) is 0. The zero-order valence-electron chi connectivity index (χ0n) is 13.4. The van der Waals surface area contributed by atoms with Gasteiger partial charge in [0.25, 0.3) is 0 Å². The molecule has 3 nitrogen and oxygen atoms in total. The van der Waals surface area contributed by atoms with Gasteiger partial charge in [0.15, 0.2) is 0 Å². The number of nitrogens with zero attached hydrogens (tertiary/aromatic N) is 3. The first-order valence-electron chi connectivity index (χ1n) is 8.27. The Kier molecular flexibility index (Phi) is 3.62. The van der Waals surface area contributed by atoms with Crippen molar-refractivity contribution in [2.24, 2.45) is 0 Å². The van der Waals surface area contributed by atoms with Crippen LogP contribution in [0.15, 0.2) is 60.9 Å². The molecule has 0 spiro atoms. The van der Waals surface area contributed by atoms with E-state index in [0.717, 1.165) is 24.3 Å². The molecule has 0 radical (unpaired) electrons. The fraction of sp³-hybridized carbons (Fsp3) is 0.250. The molecule has 0 bridgehead atoms. The van der Waals surface area contributed by atoms with Crippen molar-refractivity contribution < 1.29 is 0 Å². The fourth-order valence-electron chi connectivity index (χ4n) is 3.17. The maximum Gasteiger partial charge on any atom is 0.0666 e. The summed E-state index contributed by atoms with van der Waals surface area (Å²) in [5.41, 5.74) is 6.05. The molecule has 1 aliphatic heterocycles. The molecule has 2 aromatic carbocycles. The highest BCUT2D eigenvalue weighted by Crippen LogP contribution is 2.24. The predicted molar refractivity (Wildman–Crippen MR) is 95.2 cm³/mol. The van der Waals surface area contributed by atoms with E-state index in [9.17, 15) is 0 Å². The van der Waals surface area contributed by atoms with Gasteiger partial charge in [-0.1, -0.05) is 35.9 Å². The molecule has 0 amide bonds. The molecule has 4 rings (SSSR count). The third-order valence-electron chi connectivity index (χ3n) is 4.53. The summed E-state index contributed by atoms with van der Waals surface area (Å²) in [5, 5.41) is 4.55. The normalized spacial score (nSPS) is 14.4. The van der Waals surface area contributed by atoms with Crippen molar-refractivity contribution in [1.29, 1.82) is 0 Å². The number of aromatic nitrogens is 2. The molecule has 1 saturated heterocycles. The first-order valence-corrected chi connectivity index (χ1v) is 8.27. The van der Waals surface area contributed by atoms with Crippen LogP contribution in [-0.2, 0) is 0 Å². The minimum absolute atomic E-state index is 1.12. The number of hydrogen-bond donors (Lipinski definition) is 0. The molecular formula is C20H21N3. The number of hydrogen-bond acceptors (Lipinski definition) is 2. The fourth-order valence-corrected chi connectivity index (χ4v) is 3.17. The molecule has 3 heteroatoms. The van der Waals surface area contributed by atoms with Crippen LogP contribution in [0.4, 0.5) is 5.69 Å². The van der Waals surface area contributed by atoms with Crippen molar-refractivity contribution in [3.63, 3.8) is 0 Å². The molecule has 0 saturated carbocycles. The van der Waals surface area contributed by atoms with Crippen molar-refractivity contribution in [2.45, 2.75) is 19.8 Å². The Bertz CT molecular complexity index is 796. The van der Waals surface area contributed by atoms with Crippen molar-refractivity contribution in [2.75, 3.05) is 18.0 Å². The summed E-state index contributed by atoms with van der Waals surface area (Å²) in [6.45, 7) is 4.44. The summed E-state index contributed by atoms with van der Waals surface area (Å²) in [6, 6.07) is 17.2. The van der Waals surface area contributed by atoms with Gasteiger partial charge in [-0.3, -0.25) is 0 Å². The van der Waals surface area contributed by atoms with Gasteiger partial charge in [-0.2, -0.15) is 5.10 Å². The molecular weight excluding hydrogens is 282 g/mol. The summed E-state index contributed by atoms with van der Waals surface area (Å²) >= 11 is 0. The highest BCUT2D eigenvalue weighted by molar-refractivity contribution is 5.63. The average molecular weight is 303 g/mol. The highest BCUT2D eigenvalue weighted by Gasteiger charge is 2.13. The third kappa shape index (κ3) is 2.87. The lowest BCUT2D eigenvalue weighted by atomic mass is 10.1. The Morgan fingerprint density at radius 1 is 0.870 bits per heavy atom. The Hall–Kier alpha value is -2.55. The van der Waals surface area contributed by atoms with Gasteiger partial charge in [0.05, 0.1) is 11.9 Å². The zero-order valence-corrected chi connectivity index (χ0v) is 13.4. The molecule has 3 aromatic rings. The van der Waals surface area contributed by atoms with E-state index in [-0.39, 0.29) is 0 Å². The number of anilines is 1.